The van der Waals surface area contributed by atoms with Crippen molar-refractivity contribution in [2.24, 2.45) is 4.99 Å². The molecule has 3 rings (SSSR count). The molecule has 1 aliphatic rings. The second-order valence-corrected chi connectivity index (χ2v) is 6.00. The van der Waals surface area contributed by atoms with E-state index in [-0.39, 0.29) is 30.0 Å². The fourth-order valence-corrected chi connectivity index (χ4v) is 2.93. The van der Waals surface area contributed by atoms with Crippen molar-refractivity contribution in [3.05, 3.63) is 47.8 Å². The summed E-state index contributed by atoms with van der Waals surface area (Å²) in [5, 5.41) is 6.65. The van der Waals surface area contributed by atoms with Gasteiger partial charge in [0.05, 0.1) is 32.1 Å². The predicted octanol–water partition coefficient (Wildman–Crippen LogP) is 2.54. The molecule has 2 aromatic heterocycles. The largest absolute Gasteiger partial charge is 0.467 e. The Bertz CT molecular complexity index is 666. The van der Waals surface area contributed by atoms with Crippen molar-refractivity contribution in [2.75, 3.05) is 39.9 Å². The minimum atomic E-state index is 0. The number of nitrogens with zero attached hydrogens (tertiary/aromatic N) is 2. The first-order valence-electron chi connectivity index (χ1n) is 8.61. The molecule has 0 spiro atoms. The van der Waals surface area contributed by atoms with Crippen molar-refractivity contribution in [2.45, 2.75) is 19.5 Å². The summed E-state index contributed by atoms with van der Waals surface area (Å²) < 4.78 is 16.7. The molecule has 0 aromatic carbocycles. The van der Waals surface area contributed by atoms with E-state index in [1.807, 2.05) is 25.1 Å². The monoisotopic (exact) mass is 474 g/mol. The quantitative estimate of drug-likeness (QED) is 0.381. The summed E-state index contributed by atoms with van der Waals surface area (Å²) in [4.78, 5) is 6.67. The van der Waals surface area contributed by atoms with Crippen LogP contribution in [0.15, 0.2) is 44.4 Å². The van der Waals surface area contributed by atoms with Gasteiger partial charge >= 0.3 is 0 Å². The van der Waals surface area contributed by atoms with E-state index in [1.165, 1.54) is 0 Å². The van der Waals surface area contributed by atoms with Crippen LogP contribution in [0.4, 0.5) is 0 Å². The lowest BCUT2D eigenvalue weighted by atomic mass is 10.1. The number of aryl methyl sites for hydroxylation is 1. The van der Waals surface area contributed by atoms with Crippen molar-refractivity contribution < 1.29 is 13.6 Å². The lowest BCUT2D eigenvalue weighted by molar-refractivity contribution is 0.0124. The maximum Gasteiger partial charge on any atom is 0.191 e. The van der Waals surface area contributed by atoms with Crippen LogP contribution in [0.3, 0.4) is 0 Å². The van der Waals surface area contributed by atoms with Crippen molar-refractivity contribution in [1.82, 2.24) is 15.5 Å². The molecule has 1 aliphatic heterocycles. The number of morpholine rings is 1. The molecule has 0 amide bonds. The molecule has 0 bridgehead atoms. The highest BCUT2D eigenvalue weighted by atomic mass is 127. The standard InChI is InChI=1S/C18H26N4O3.HI/c1-14-5-6-17(25-14)16(22-7-10-23-11-8-22)13-21-18(19-2)20-12-15-4-3-9-24-15;/h3-6,9,16H,7-8,10-13H2,1-2H3,(H2,19,20,21);1H. The highest BCUT2D eigenvalue weighted by Gasteiger charge is 2.25. The average Bonchev–Trinajstić information content (AvgIpc) is 3.30. The SMILES string of the molecule is CN=C(NCc1ccco1)NCC(c1ccc(C)o1)N1CCOCC1.I. The second kappa shape index (κ2) is 10.6. The number of hydrogen-bond acceptors (Lipinski definition) is 5. The van der Waals surface area contributed by atoms with Gasteiger partial charge in [-0.25, -0.2) is 0 Å². The van der Waals surface area contributed by atoms with E-state index in [2.05, 4.69) is 26.6 Å². The maximum atomic E-state index is 5.89. The van der Waals surface area contributed by atoms with Gasteiger partial charge in [0.15, 0.2) is 5.96 Å². The van der Waals surface area contributed by atoms with Crippen molar-refractivity contribution in [3.8, 4) is 0 Å². The molecular weight excluding hydrogens is 447 g/mol. The molecule has 1 unspecified atom stereocenters. The Morgan fingerprint density at radius 3 is 2.65 bits per heavy atom. The summed E-state index contributed by atoms with van der Waals surface area (Å²) in [6.07, 6.45) is 1.67. The number of guanidine groups is 1. The molecule has 2 aromatic rings. The van der Waals surface area contributed by atoms with Gasteiger partial charge in [0.1, 0.15) is 17.3 Å². The van der Waals surface area contributed by atoms with E-state index in [1.54, 1.807) is 13.3 Å². The molecule has 1 fully saturated rings. The van der Waals surface area contributed by atoms with Crippen LogP contribution in [0.25, 0.3) is 0 Å². The smallest absolute Gasteiger partial charge is 0.191 e. The number of halogens is 1. The first-order valence-corrected chi connectivity index (χ1v) is 8.61. The van der Waals surface area contributed by atoms with Crippen LogP contribution in [0, 0.1) is 6.92 Å². The molecular formula is C18H27IN4O3. The van der Waals surface area contributed by atoms with E-state index >= 15 is 0 Å². The summed E-state index contributed by atoms with van der Waals surface area (Å²) in [7, 11) is 1.76. The Balaban J connectivity index is 0.00000243. The average molecular weight is 474 g/mol. The molecule has 8 heteroatoms. The third-order valence-electron chi connectivity index (χ3n) is 4.27. The number of hydrogen-bond donors (Lipinski definition) is 2. The Hall–Kier alpha value is -1.52. The summed E-state index contributed by atoms with van der Waals surface area (Å²) >= 11 is 0. The van der Waals surface area contributed by atoms with Gasteiger partial charge in [-0.05, 0) is 31.2 Å². The van der Waals surface area contributed by atoms with Crippen LogP contribution in [0.1, 0.15) is 23.3 Å². The van der Waals surface area contributed by atoms with Crippen molar-refractivity contribution >= 4 is 29.9 Å². The van der Waals surface area contributed by atoms with Gasteiger partial charge in [-0.15, -0.1) is 24.0 Å². The Kier molecular flexibility index (Phi) is 8.46. The molecule has 1 atom stereocenters. The van der Waals surface area contributed by atoms with Crippen LogP contribution in [0.2, 0.25) is 0 Å². The lowest BCUT2D eigenvalue weighted by Gasteiger charge is -2.33. The van der Waals surface area contributed by atoms with Gasteiger partial charge < -0.3 is 24.2 Å². The minimum Gasteiger partial charge on any atom is -0.467 e. The molecule has 1 saturated heterocycles. The Morgan fingerprint density at radius 1 is 1.23 bits per heavy atom. The Morgan fingerprint density at radius 2 is 2.04 bits per heavy atom. The van der Waals surface area contributed by atoms with Gasteiger partial charge in [-0.1, -0.05) is 0 Å². The fraction of sp³-hybridized carbons (Fsp3) is 0.500. The summed E-state index contributed by atoms with van der Waals surface area (Å²) in [5.74, 6) is 3.49. The highest BCUT2D eigenvalue weighted by Crippen LogP contribution is 2.23. The highest BCUT2D eigenvalue weighted by molar-refractivity contribution is 14.0. The molecule has 0 saturated carbocycles. The third-order valence-corrected chi connectivity index (χ3v) is 4.27. The van der Waals surface area contributed by atoms with E-state index < -0.39 is 0 Å². The molecule has 144 valence electrons. The maximum absolute atomic E-state index is 5.89. The zero-order valence-corrected chi connectivity index (χ0v) is 17.6. The van der Waals surface area contributed by atoms with Crippen LogP contribution >= 0.6 is 24.0 Å². The molecule has 0 radical (unpaired) electrons. The molecule has 0 aliphatic carbocycles. The Labute approximate surface area is 171 Å². The normalized spacial score (nSPS) is 16.8. The van der Waals surface area contributed by atoms with Gasteiger partial charge in [-0.2, -0.15) is 0 Å². The number of rotatable bonds is 6. The molecule has 3 heterocycles. The van der Waals surface area contributed by atoms with Gasteiger partial charge in [0.25, 0.3) is 0 Å². The first kappa shape index (κ1) is 20.8. The lowest BCUT2D eigenvalue weighted by Crippen LogP contribution is -2.46. The summed E-state index contributed by atoms with van der Waals surface area (Å²) in [6.45, 7) is 6.55. The zero-order valence-electron chi connectivity index (χ0n) is 15.2. The number of furan rings is 2. The minimum absolute atomic E-state index is 0. The van der Waals surface area contributed by atoms with Crippen LogP contribution in [-0.4, -0.2) is 50.8 Å². The van der Waals surface area contributed by atoms with E-state index in [0.29, 0.717) is 13.1 Å². The molecule has 2 N–H and O–H groups in total. The van der Waals surface area contributed by atoms with E-state index in [4.69, 9.17) is 13.6 Å². The van der Waals surface area contributed by atoms with Gasteiger partial charge in [-0.3, -0.25) is 9.89 Å². The van der Waals surface area contributed by atoms with Gasteiger partial charge in [0, 0.05) is 26.7 Å². The topological polar surface area (TPSA) is 75.2 Å². The molecule has 7 nitrogen and oxygen atoms in total. The van der Waals surface area contributed by atoms with Crippen LogP contribution in [0.5, 0.6) is 0 Å². The van der Waals surface area contributed by atoms with Gasteiger partial charge in [0.2, 0.25) is 0 Å². The number of nitrogens with one attached hydrogen (secondary N) is 2. The zero-order chi connectivity index (χ0) is 17.5. The summed E-state index contributed by atoms with van der Waals surface area (Å²) in [5.41, 5.74) is 0. The van der Waals surface area contributed by atoms with Crippen molar-refractivity contribution in [3.63, 3.8) is 0 Å². The second-order valence-electron chi connectivity index (χ2n) is 6.00. The predicted molar refractivity (Wildman–Crippen MR) is 111 cm³/mol. The first-order chi connectivity index (χ1) is 12.3. The van der Waals surface area contributed by atoms with E-state index in [0.717, 1.165) is 49.5 Å². The van der Waals surface area contributed by atoms with Crippen molar-refractivity contribution in [1.29, 1.82) is 0 Å². The summed E-state index contributed by atoms with van der Waals surface area (Å²) in [6, 6.07) is 8.01. The molecule has 26 heavy (non-hydrogen) atoms. The van der Waals surface area contributed by atoms with Crippen LogP contribution in [-0.2, 0) is 11.3 Å². The number of aliphatic imine (C=N–C) groups is 1. The van der Waals surface area contributed by atoms with E-state index in [9.17, 15) is 0 Å². The van der Waals surface area contributed by atoms with Crippen LogP contribution < -0.4 is 10.6 Å². The fourth-order valence-electron chi connectivity index (χ4n) is 2.93. The number of ether oxygens (including phenoxy) is 1. The third kappa shape index (κ3) is 5.75.